The van der Waals surface area contributed by atoms with Crippen LogP contribution < -0.4 is 0 Å². The van der Waals surface area contributed by atoms with Crippen LogP contribution in [0.25, 0.3) is 0 Å². The summed E-state index contributed by atoms with van der Waals surface area (Å²) in [6.07, 6.45) is 7.07. The Bertz CT molecular complexity index is 746. The van der Waals surface area contributed by atoms with E-state index in [-0.39, 0.29) is 0 Å². The van der Waals surface area contributed by atoms with Crippen LogP contribution in [0.5, 0.6) is 0 Å². The SMILES string of the molecule is CCc1ncc(CN2CCC(c3nnc(CN4CCOCC4)n3C)CC2)cn1. The lowest BCUT2D eigenvalue weighted by Gasteiger charge is -2.31. The van der Waals surface area contributed by atoms with Gasteiger partial charge in [0.2, 0.25) is 0 Å². The maximum Gasteiger partial charge on any atom is 0.146 e. The van der Waals surface area contributed by atoms with E-state index in [0.29, 0.717) is 5.92 Å². The quantitative estimate of drug-likeness (QED) is 0.744. The van der Waals surface area contributed by atoms with Crippen molar-refractivity contribution >= 4 is 0 Å². The molecular weight excluding hydrogens is 354 g/mol. The van der Waals surface area contributed by atoms with Crippen LogP contribution in [0.1, 0.15) is 48.7 Å². The highest BCUT2D eigenvalue weighted by atomic mass is 16.5. The van der Waals surface area contributed by atoms with Gasteiger partial charge in [-0.15, -0.1) is 10.2 Å². The van der Waals surface area contributed by atoms with Gasteiger partial charge in [-0.2, -0.15) is 0 Å². The summed E-state index contributed by atoms with van der Waals surface area (Å²) in [4.78, 5) is 13.7. The molecule has 2 aromatic heterocycles. The lowest BCUT2D eigenvalue weighted by atomic mass is 9.95. The second-order valence-electron chi connectivity index (χ2n) is 7.83. The highest BCUT2D eigenvalue weighted by Gasteiger charge is 2.26. The van der Waals surface area contributed by atoms with E-state index in [1.165, 1.54) is 5.56 Å². The summed E-state index contributed by atoms with van der Waals surface area (Å²) in [7, 11) is 2.12. The summed E-state index contributed by atoms with van der Waals surface area (Å²) >= 11 is 0. The van der Waals surface area contributed by atoms with Crippen LogP contribution in [0, 0.1) is 0 Å². The molecule has 0 spiro atoms. The van der Waals surface area contributed by atoms with Crippen LogP contribution in [0.4, 0.5) is 0 Å². The summed E-state index contributed by atoms with van der Waals surface area (Å²) < 4.78 is 7.65. The number of ether oxygens (including phenoxy) is 1. The van der Waals surface area contributed by atoms with Crippen molar-refractivity contribution in [2.45, 2.75) is 45.2 Å². The molecule has 0 N–H and O–H groups in total. The van der Waals surface area contributed by atoms with Gasteiger partial charge >= 0.3 is 0 Å². The van der Waals surface area contributed by atoms with Crippen molar-refractivity contribution in [2.24, 2.45) is 7.05 Å². The average molecular weight is 386 g/mol. The van der Waals surface area contributed by atoms with Gasteiger partial charge in [0.1, 0.15) is 17.5 Å². The van der Waals surface area contributed by atoms with Crippen molar-refractivity contribution in [1.29, 1.82) is 0 Å². The van der Waals surface area contributed by atoms with E-state index in [2.05, 4.69) is 48.5 Å². The van der Waals surface area contributed by atoms with Crippen molar-refractivity contribution in [2.75, 3.05) is 39.4 Å². The number of aromatic nitrogens is 5. The Morgan fingerprint density at radius 3 is 2.32 bits per heavy atom. The summed E-state index contributed by atoms with van der Waals surface area (Å²) in [6, 6.07) is 0. The van der Waals surface area contributed by atoms with Gasteiger partial charge in [0, 0.05) is 57.0 Å². The molecule has 2 aliphatic rings. The van der Waals surface area contributed by atoms with E-state index in [0.717, 1.165) is 89.2 Å². The first-order valence-corrected chi connectivity index (χ1v) is 10.4. The predicted molar refractivity (Wildman–Crippen MR) is 106 cm³/mol. The zero-order chi connectivity index (χ0) is 19.3. The molecule has 2 aromatic rings. The number of nitrogens with zero attached hydrogens (tertiary/aromatic N) is 7. The van der Waals surface area contributed by atoms with E-state index >= 15 is 0 Å². The lowest BCUT2D eigenvalue weighted by Crippen LogP contribution is -2.36. The third-order valence-corrected chi connectivity index (χ3v) is 5.90. The molecule has 0 radical (unpaired) electrons. The molecule has 0 saturated carbocycles. The smallest absolute Gasteiger partial charge is 0.146 e. The Hall–Kier alpha value is -1.90. The molecule has 0 atom stereocenters. The molecule has 2 saturated heterocycles. The zero-order valence-electron chi connectivity index (χ0n) is 17.0. The van der Waals surface area contributed by atoms with E-state index < -0.39 is 0 Å². The van der Waals surface area contributed by atoms with Crippen LogP contribution in [-0.2, 0) is 31.3 Å². The van der Waals surface area contributed by atoms with Crippen molar-refractivity contribution in [3.8, 4) is 0 Å². The zero-order valence-corrected chi connectivity index (χ0v) is 17.0. The molecule has 0 bridgehead atoms. The maximum atomic E-state index is 5.44. The molecule has 152 valence electrons. The van der Waals surface area contributed by atoms with Crippen molar-refractivity contribution in [3.05, 3.63) is 35.4 Å². The Labute approximate surface area is 166 Å². The van der Waals surface area contributed by atoms with Gasteiger partial charge in [0.25, 0.3) is 0 Å². The first-order chi connectivity index (χ1) is 13.7. The maximum absolute atomic E-state index is 5.44. The molecule has 4 rings (SSSR count). The minimum atomic E-state index is 0.492. The number of rotatable bonds is 6. The molecule has 0 aromatic carbocycles. The fourth-order valence-electron chi connectivity index (χ4n) is 4.08. The van der Waals surface area contributed by atoms with Crippen LogP contribution in [0.3, 0.4) is 0 Å². The molecule has 0 unspecified atom stereocenters. The number of hydrogen-bond donors (Lipinski definition) is 0. The highest BCUT2D eigenvalue weighted by molar-refractivity contribution is 5.07. The molecule has 4 heterocycles. The molecule has 0 amide bonds. The third kappa shape index (κ3) is 4.56. The molecule has 8 nitrogen and oxygen atoms in total. The molecular formula is C20H31N7O. The van der Waals surface area contributed by atoms with Crippen molar-refractivity contribution < 1.29 is 4.74 Å². The number of aryl methyl sites for hydroxylation is 1. The van der Waals surface area contributed by atoms with Crippen LogP contribution in [-0.4, -0.2) is 73.9 Å². The molecule has 28 heavy (non-hydrogen) atoms. The van der Waals surface area contributed by atoms with Gasteiger partial charge in [-0.25, -0.2) is 9.97 Å². The Kier molecular flexibility index (Phi) is 6.29. The number of likely N-dealkylation sites (tertiary alicyclic amines) is 1. The number of piperidine rings is 1. The largest absolute Gasteiger partial charge is 0.379 e. The van der Waals surface area contributed by atoms with E-state index in [1.807, 2.05) is 12.4 Å². The third-order valence-electron chi connectivity index (χ3n) is 5.90. The first-order valence-electron chi connectivity index (χ1n) is 10.4. The fourth-order valence-corrected chi connectivity index (χ4v) is 4.08. The van der Waals surface area contributed by atoms with Gasteiger partial charge in [-0.1, -0.05) is 6.92 Å². The first kappa shape index (κ1) is 19.4. The summed E-state index contributed by atoms with van der Waals surface area (Å²) in [5.74, 6) is 3.61. The topological polar surface area (TPSA) is 72.2 Å². The minimum absolute atomic E-state index is 0.492. The minimum Gasteiger partial charge on any atom is -0.379 e. The Balaban J connectivity index is 1.30. The standard InChI is InChI=1S/C20H31N7O/c1-3-18-21-12-16(13-22-18)14-26-6-4-17(5-7-26)20-24-23-19(25(20)2)15-27-8-10-28-11-9-27/h12-13,17H,3-11,14-15H2,1-2H3. The van der Waals surface area contributed by atoms with Gasteiger partial charge in [0.15, 0.2) is 0 Å². The van der Waals surface area contributed by atoms with Crippen LogP contribution >= 0.6 is 0 Å². The Morgan fingerprint density at radius 1 is 0.964 bits per heavy atom. The van der Waals surface area contributed by atoms with E-state index in [4.69, 9.17) is 4.74 Å². The molecule has 2 aliphatic heterocycles. The lowest BCUT2D eigenvalue weighted by molar-refractivity contribution is 0.0326. The van der Waals surface area contributed by atoms with Gasteiger partial charge < -0.3 is 9.30 Å². The number of morpholine rings is 1. The second-order valence-corrected chi connectivity index (χ2v) is 7.83. The summed E-state index contributed by atoms with van der Waals surface area (Å²) in [5, 5.41) is 9.04. The van der Waals surface area contributed by atoms with Gasteiger partial charge in [-0.3, -0.25) is 9.80 Å². The fraction of sp³-hybridized carbons (Fsp3) is 0.700. The van der Waals surface area contributed by atoms with Crippen LogP contribution in [0.2, 0.25) is 0 Å². The van der Waals surface area contributed by atoms with E-state index in [9.17, 15) is 0 Å². The van der Waals surface area contributed by atoms with Crippen molar-refractivity contribution in [1.82, 2.24) is 34.5 Å². The highest BCUT2D eigenvalue weighted by Crippen LogP contribution is 2.27. The summed E-state index contributed by atoms with van der Waals surface area (Å²) in [6.45, 7) is 9.60. The molecule has 2 fully saturated rings. The predicted octanol–water partition coefficient (Wildman–Crippen LogP) is 1.38. The monoisotopic (exact) mass is 385 g/mol. The average Bonchev–Trinajstić information content (AvgIpc) is 3.10. The molecule has 8 heteroatoms. The van der Waals surface area contributed by atoms with Crippen molar-refractivity contribution in [3.63, 3.8) is 0 Å². The van der Waals surface area contributed by atoms with Crippen LogP contribution in [0.15, 0.2) is 12.4 Å². The van der Waals surface area contributed by atoms with Gasteiger partial charge in [-0.05, 0) is 25.9 Å². The number of hydrogen-bond acceptors (Lipinski definition) is 7. The molecule has 0 aliphatic carbocycles. The second kappa shape index (κ2) is 9.07. The van der Waals surface area contributed by atoms with E-state index in [1.54, 1.807) is 0 Å². The Morgan fingerprint density at radius 2 is 1.64 bits per heavy atom. The summed E-state index contributed by atoms with van der Waals surface area (Å²) in [5.41, 5.74) is 1.20. The normalized spacial score (nSPS) is 19.9. The van der Waals surface area contributed by atoms with Gasteiger partial charge in [0.05, 0.1) is 19.8 Å².